The SMILES string of the molecule is N#Cc1ccc(N2CCN(c3ccc(-c4ccc(C(F)(F)[C@](O)(Cn5cnnn5)c5ccc(F)cc5F)nc4)cc3F)CC2)cc1.O[C@@](Cn1cnnn1)(c1ccc(F)cc1F)C(F)(F)c1ccc(Br)cn1. The molecule has 0 spiro atoms. The lowest BCUT2D eigenvalue weighted by molar-refractivity contribution is -0.207. The molecular formula is C47H35BrF9N13O2. The summed E-state index contributed by atoms with van der Waals surface area (Å²) in [5, 5.41) is 51.5. The molecule has 1 aliphatic heterocycles. The van der Waals surface area contributed by atoms with Crippen LogP contribution in [0.2, 0.25) is 0 Å². The first-order valence-electron chi connectivity index (χ1n) is 21.2. The number of nitriles is 1. The quantitative estimate of drug-likeness (QED) is 0.107. The van der Waals surface area contributed by atoms with Gasteiger partial charge in [0.1, 0.15) is 53.1 Å². The van der Waals surface area contributed by atoms with E-state index in [2.05, 4.69) is 67.9 Å². The maximum Gasteiger partial charge on any atom is 0.323 e. The summed E-state index contributed by atoms with van der Waals surface area (Å²) in [6.45, 7) is 0.539. The normalized spacial score (nSPS) is 14.7. The van der Waals surface area contributed by atoms with Crippen molar-refractivity contribution in [1.82, 2.24) is 50.4 Å². The molecule has 0 radical (unpaired) electrons. The minimum Gasteiger partial charge on any atom is -0.377 e. The maximum atomic E-state index is 16.1. The fourth-order valence-corrected chi connectivity index (χ4v) is 8.20. The molecule has 72 heavy (non-hydrogen) atoms. The summed E-state index contributed by atoms with van der Waals surface area (Å²) in [4.78, 5) is 11.5. The van der Waals surface area contributed by atoms with Crippen LogP contribution in [0.4, 0.5) is 50.9 Å². The van der Waals surface area contributed by atoms with Crippen LogP contribution in [0.25, 0.3) is 11.1 Å². The van der Waals surface area contributed by atoms with Crippen molar-refractivity contribution in [1.29, 1.82) is 5.26 Å². The Hall–Kier alpha value is -7.82. The largest absolute Gasteiger partial charge is 0.377 e. The van der Waals surface area contributed by atoms with Crippen LogP contribution in [0.3, 0.4) is 0 Å². The van der Waals surface area contributed by atoms with Crippen LogP contribution in [0.1, 0.15) is 28.1 Å². The molecule has 0 aliphatic carbocycles. The van der Waals surface area contributed by atoms with Gasteiger partial charge in [-0.3, -0.25) is 9.97 Å². The van der Waals surface area contributed by atoms with Gasteiger partial charge in [-0.05, 0) is 121 Å². The zero-order valence-corrected chi connectivity index (χ0v) is 38.4. The fourth-order valence-electron chi connectivity index (χ4n) is 7.96. The second-order valence-electron chi connectivity index (χ2n) is 16.2. The summed E-state index contributed by atoms with van der Waals surface area (Å²) in [5.41, 5.74) is -7.16. The second kappa shape index (κ2) is 20.5. The van der Waals surface area contributed by atoms with Gasteiger partial charge in [-0.2, -0.15) is 22.8 Å². The monoisotopic (exact) mass is 1060 g/mol. The number of aromatic nitrogens is 10. The van der Waals surface area contributed by atoms with Crippen LogP contribution >= 0.6 is 15.9 Å². The molecule has 2 atom stereocenters. The zero-order valence-electron chi connectivity index (χ0n) is 36.9. The Balaban J connectivity index is 0.000000226. The molecule has 1 saturated heterocycles. The van der Waals surface area contributed by atoms with Crippen molar-refractivity contribution < 1.29 is 49.7 Å². The molecule has 370 valence electrons. The highest BCUT2D eigenvalue weighted by molar-refractivity contribution is 9.10. The van der Waals surface area contributed by atoms with E-state index >= 15 is 22.0 Å². The Morgan fingerprint density at radius 2 is 1.07 bits per heavy atom. The number of nitrogens with zero attached hydrogens (tertiary/aromatic N) is 13. The third-order valence-corrected chi connectivity index (χ3v) is 12.2. The van der Waals surface area contributed by atoms with Crippen LogP contribution in [0, 0.1) is 40.4 Å². The van der Waals surface area contributed by atoms with E-state index in [0.717, 1.165) is 76.5 Å². The average Bonchev–Trinajstić information content (AvgIpc) is 4.09. The summed E-state index contributed by atoms with van der Waals surface area (Å²) in [5.74, 6) is -13.5. The van der Waals surface area contributed by atoms with Gasteiger partial charge in [0.25, 0.3) is 0 Å². The number of rotatable bonds is 13. The molecule has 9 rings (SSSR count). The zero-order chi connectivity index (χ0) is 51.4. The van der Waals surface area contributed by atoms with E-state index in [-0.39, 0.29) is 0 Å². The van der Waals surface area contributed by atoms with E-state index < -0.39 is 87.7 Å². The van der Waals surface area contributed by atoms with Crippen molar-refractivity contribution in [3.05, 3.63) is 190 Å². The molecule has 0 unspecified atom stereocenters. The Kier molecular flexibility index (Phi) is 14.4. The van der Waals surface area contributed by atoms with Gasteiger partial charge in [-0.25, -0.2) is 31.3 Å². The first-order chi connectivity index (χ1) is 34.3. The molecular weight excluding hydrogens is 1030 g/mol. The van der Waals surface area contributed by atoms with E-state index in [1.807, 2.05) is 17.0 Å². The summed E-state index contributed by atoms with van der Waals surface area (Å²) in [7, 11) is 0. The number of hydrogen-bond acceptors (Lipinski definition) is 13. The third-order valence-electron chi connectivity index (χ3n) is 11.8. The number of piperazine rings is 1. The van der Waals surface area contributed by atoms with Crippen molar-refractivity contribution in [2.75, 3.05) is 36.0 Å². The van der Waals surface area contributed by atoms with Crippen LogP contribution in [0.5, 0.6) is 0 Å². The molecule has 0 bridgehead atoms. The van der Waals surface area contributed by atoms with Crippen LogP contribution in [0.15, 0.2) is 133 Å². The number of pyridine rings is 2. The van der Waals surface area contributed by atoms with Crippen molar-refractivity contribution >= 4 is 27.3 Å². The van der Waals surface area contributed by atoms with Gasteiger partial charge in [0, 0.05) is 77.6 Å². The molecule has 15 nitrogen and oxygen atoms in total. The van der Waals surface area contributed by atoms with E-state index in [9.17, 15) is 27.8 Å². The molecule has 5 heterocycles. The lowest BCUT2D eigenvalue weighted by atomic mass is 9.84. The highest BCUT2D eigenvalue weighted by Crippen LogP contribution is 2.48. The highest BCUT2D eigenvalue weighted by Gasteiger charge is 2.59. The Morgan fingerprint density at radius 1 is 0.569 bits per heavy atom. The second-order valence-corrected chi connectivity index (χ2v) is 17.1. The van der Waals surface area contributed by atoms with Crippen molar-refractivity contribution in [3.8, 4) is 17.2 Å². The van der Waals surface area contributed by atoms with Crippen molar-refractivity contribution in [3.63, 3.8) is 0 Å². The molecule has 4 aromatic carbocycles. The van der Waals surface area contributed by atoms with Gasteiger partial charge in [0.05, 0.1) is 30.4 Å². The first-order valence-corrected chi connectivity index (χ1v) is 22.0. The molecule has 0 amide bonds. The molecule has 2 N–H and O–H groups in total. The van der Waals surface area contributed by atoms with Gasteiger partial charge in [-0.15, -0.1) is 10.2 Å². The average molecular weight is 1060 g/mol. The number of halogens is 10. The van der Waals surface area contributed by atoms with Crippen molar-refractivity contribution in [2.24, 2.45) is 0 Å². The smallest absolute Gasteiger partial charge is 0.323 e. The predicted molar refractivity (Wildman–Crippen MR) is 241 cm³/mol. The molecule has 4 aromatic heterocycles. The standard InChI is InChI=1S/C32H25F5N8O.C15H10BrF4N5O/c33-24-5-8-26(27(34)16-24)31(46,19-45-20-40-41-42-45)32(36,37)30-10-4-23(18-39-30)22-3-9-29(28(35)15-22)44-13-11-43(12-14-44)25-6-1-21(17-38)2-7-25;16-9-1-4-13(21-6-9)15(19,20)14(26,7-25-8-22-23-24-25)11-3-2-10(17)5-12(11)18/h1-10,15-16,18,20,46H,11-14,19H2;1-6,8,26H,7H2/t31-;14-/m00/s1. The van der Waals surface area contributed by atoms with Gasteiger partial charge >= 0.3 is 11.8 Å². The lowest BCUT2D eigenvalue weighted by Gasteiger charge is -2.37. The number of aliphatic hydroxyl groups is 2. The summed E-state index contributed by atoms with van der Waals surface area (Å²) >= 11 is 3.07. The molecule has 0 saturated carbocycles. The minimum absolute atomic E-state index is 0.326. The predicted octanol–water partition coefficient (Wildman–Crippen LogP) is 7.82. The molecule has 8 aromatic rings. The first kappa shape index (κ1) is 50.6. The Labute approximate surface area is 410 Å². The van der Waals surface area contributed by atoms with Crippen LogP contribution < -0.4 is 9.80 Å². The van der Waals surface area contributed by atoms with E-state index in [0.29, 0.717) is 65.2 Å². The molecule has 1 aliphatic rings. The number of tetrazole rings is 2. The van der Waals surface area contributed by atoms with Crippen LogP contribution in [-0.4, -0.2) is 86.8 Å². The summed E-state index contributed by atoms with van der Waals surface area (Å²) in [6, 6.07) is 22.3. The van der Waals surface area contributed by atoms with E-state index in [4.69, 9.17) is 5.26 Å². The molecule has 1 fully saturated rings. The maximum absolute atomic E-state index is 16.1. The van der Waals surface area contributed by atoms with E-state index in [1.165, 1.54) is 18.2 Å². The number of anilines is 2. The summed E-state index contributed by atoms with van der Waals surface area (Å²) in [6.07, 6.45) is 4.16. The lowest BCUT2D eigenvalue weighted by Crippen LogP contribution is -2.48. The number of hydrogen-bond donors (Lipinski definition) is 2. The van der Waals surface area contributed by atoms with Gasteiger partial charge in [0.15, 0.2) is 11.2 Å². The summed E-state index contributed by atoms with van der Waals surface area (Å²) < 4.78 is 136. The van der Waals surface area contributed by atoms with Gasteiger partial charge in [-0.1, -0.05) is 12.1 Å². The highest BCUT2D eigenvalue weighted by atomic mass is 79.9. The van der Waals surface area contributed by atoms with E-state index in [1.54, 1.807) is 24.3 Å². The third kappa shape index (κ3) is 10.2. The molecule has 25 heteroatoms. The number of benzene rings is 4. The van der Waals surface area contributed by atoms with Crippen LogP contribution in [-0.2, 0) is 36.1 Å². The Morgan fingerprint density at radius 3 is 1.50 bits per heavy atom. The Bertz CT molecular complexity index is 3180. The topological polar surface area (TPSA) is 184 Å². The van der Waals surface area contributed by atoms with Gasteiger partial charge < -0.3 is 20.0 Å². The van der Waals surface area contributed by atoms with Crippen molar-refractivity contribution in [2.45, 2.75) is 36.1 Å². The number of alkyl halides is 4. The minimum atomic E-state index is -4.22. The fraction of sp³-hybridized carbons (Fsp3) is 0.213. The van der Waals surface area contributed by atoms with Gasteiger partial charge in [0.2, 0.25) is 0 Å².